The summed E-state index contributed by atoms with van der Waals surface area (Å²) in [6.45, 7) is 0. The molecule has 5 aromatic rings. The van der Waals surface area contributed by atoms with Crippen molar-refractivity contribution in [3.63, 3.8) is 0 Å². The first-order valence-corrected chi connectivity index (χ1v) is 10.4. The van der Waals surface area contributed by atoms with Crippen LogP contribution in [-0.2, 0) is 0 Å². The van der Waals surface area contributed by atoms with Crippen molar-refractivity contribution < 1.29 is 4.74 Å². The van der Waals surface area contributed by atoms with E-state index in [1.165, 1.54) is 15.9 Å². The van der Waals surface area contributed by atoms with Gasteiger partial charge in [-0.05, 0) is 35.7 Å². The summed E-state index contributed by atoms with van der Waals surface area (Å²) < 4.78 is 6.94. The number of nitrogens with zero attached hydrogens (tertiary/aromatic N) is 1. The molecule has 0 atom stereocenters. The second-order valence-corrected chi connectivity index (χ2v) is 8.23. The third kappa shape index (κ3) is 2.93. The molecule has 0 spiro atoms. The molecule has 30 heavy (non-hydrogen) atoms. The van der Waals surface area contributed by atoms with Crippen molar-refractivity contribution in [1.29, 1.82) is 0 Å². The smallest absolute Gasteiger partial charge is 0.333 e. The van der Waals surface area contributed by atoms with Crippen molar-refractivity contribution in [3.8, 4) is 21.9 Å². The molecule has 1 N–H and O–H groups in total. The van der Waals surface area contributed by atoms with Crippen molar-refractivity contribution in [3.05, 3.63) is 92.6 Å². The van der Waals surface area contributed by atoms with E-state index in [0.29, 0.717) is 26.7 Å². The Balaban J connectivity index is 1.78. The predicted molar refractivity (Wildman–Crippen MR) is 123 cm³/mol. The summed E-state index contributed by atoms with van der Waals surface area (Å²) >= 11 is 7.66. The van der Waals surface area contributed by atoms with Crippen molar-refractivity contribution in [2.45, 2.75) is 0 Å². The Morgan fingerprint density at radius 3 is 2.63 bits per heavy atom. The molecule has 0 saturated heterocycles. The Labute approximate surface area is 179 Å². The molecule has 7 heteroatoms. The van der Waals surface area contributed by atoms with Gasteiger partial charge in [0.2, 0.25) is 0 Å². The number of halogens is 1. The molecular formula is C23H15ClN2O3S. The van der Waals surface area contributed by atoms with E-state index in [0.717, 1.165) is 21.2 Å². The average molecular weight is 435 g/mol. The van der Waals surface area contributed by atoms with Gasteiger partial charge in [0.1, 0.15) is 10.4 Å². The lowest BCUT2D eigenvalue weighted by Crippen LogP contribution is -2.33. The van der Waals surface area contributed by atoms with E-state index in [-0.39, 0.29) is 5.56 Å². The summed E-state index contributed by atoms with van der Waals surface area (Å²) in [6.07, 6.45) is 0. The molecule has 5 nitrogen and oxygen atoms in total. The number of rotatable bonds is 3. The van der Waals surface area contributed by atoms with E-state index in [2.05, 4.69) is 4.98 Å². The maximum atomic E-state index is 13.3. The first kappa shape index (κ1) is 18.7. The number of ether oxygens (including phenoxy) is 1. The SMILES string of the molecule is COc1ccc(Cl)c(-c2cc3[nH]c(=O)n(-c4cccc5ccccc45)c(=O)c3s2)c1. The maximum Gasteiger partial charge on any atom is 0.333 e. The van der Waals surface area contributed by atoms with Gasteiger partial charge in [0.15, 0.2) is 0 Å². The number of fused-ring (bicyclic) bond motifs is 2. The molecule has 0 amide bonds. The molecule has 0 saturated carbocycles. The molecule has 0 radical (unpaired) electrons. The Morgan fingerprint density at radius 1 is 1.00 bits per heavy atom. The van der Waals surface area contributed by atoms with Gasteiger partial charge in [-0.2, -0.15) is 0 Å². The van der Waals surface area contributed by atoms with Gasteiger partial charge in [-0.15, -0.1) is 11.3 Å². The van der Waals surface area contributed by atoms with E-state index in [4.69, 9.17) is 16.3 Å². The number of thiophene rings is 1. The highest BCUT2D eigenvalue weighted by molar-refractivity contribution is 7.22. The van der Waals surface area contributed by atoms with Crippen LogP contribution in [0.2, 0.25) is 5.02 Å². The number of H-pyrrole nitrogens is 1. The molecule has 3 aromatic carbocycles. The summed E-state index contributed by atoms with van der Waals surface area (Å²) in [5.41, 5.74) is 0.940. The molecule has 5 rings (SSSR count). The number of nitrogens with one attached hydrogen (secondary N) is 1. The number of benzene rings is 3. The van der Waals surface area contributed by atoms with Crippen molar-refractivity contribution in [2.75, 3.05) is 7.11 Å². The van der Waals surface area contributed by atoms with Gasteiger partial charge >= 0.3 is 5.69 Å². The van der Waals surface area contributed by atoms with Crippen LogP contribution < -0.4 is 16.0 Å². The quantitative estimate of drug-likeness (QED) is 0.423. The first-order chi connectivity index (χ1) is 14.6. The second kappa shape index (κ2) is 7.16. The van der Waals surface area contributed by atoms with E-state index >= 15 is 0 Å². The van der Waals surface area contributed by atoms with Gasteiger partial charge in [0, 0.05) is 20.8 Å². The molecule has 0 fully saturated rings. The normalized spacial score (nSPS) is 11.3. The van der Waals surface area contributed by atoms with Crippen LogP contribution in [-0.4, -0.2) is 16.7 Å². The predicted octanol–water partition coefficient (Wildman–Crippen LogP) is 5.22. The minimum absolute atomic E-state index is 0.361. The van der Waals surface area contributed by atoms with E-state index in [1.807, 2.05) is 42.5 Å². The monoisotopic (exact) mass is 434 g/mol. The molecule has 148 valence electrons. The Morgan fingerprint density at radius 2 is 1.80 bits per heavy atom. The molecule has 2 aromatic heterocycles. The van der Waals surface area contributed by atoms with E-state index < -0.39 is 5.69 Å². The zero-order chi connectivity index (χ0) is 20.8. The lowest BCUT2D eigenvalue weighted by atomic mass is 10.1. The highest BCUT2D eigenvalue weighted by Gasteiger charge is 2.16. The van der Waals surface area contributed by atoms with Gasteiger partial charge in [-0.1, -0.05) is 48.0 Å². The van der Waals surface area contributed by atoms with Gasteiger partial charge in [0.25, 0.3) is 5.56 Å². The van der Waals surface area contributed by atoms with Crippen molar-refractivity contribution >= 4 is 43.9 Å². The topological polar surface area (TPSA) is 64.1 Å². The van der Waals surface area contributed by atoms with Gasteiger partial charge < -0.3 is 9.72 Å². The fourth-order valence-corrected chi connectivity index (χ4v) is 4.93. The molecule has 0 aliphatic heterocycles. The van der Waals surface area contributed by atoms with Crippen LogP contribution in [0.15, 0.2) is 76.3 Å². The van der Waals surface area contributed by atoms with Crippen LogP contribution in [0, 0.1) is 0 Å². The third-order valence-corrected chi connectivity index (χ3v) is 6.51. The summed E-state index contributed by atoms with van der Waals surface area (Å²) in [5, 5.41) is 2.33. The lowest BCUT2D eigenvalue weighted by molar-refractivity contribution is 0.415. The highest BCUT2D eigenvalue weighted by Crippen LogP contribution is 2.37. The van der Waals surface area contributed by atoms with Crippen LogP contribution in [0.4, 0.5) is 0 Å². The highest BCUT2D eigenvalue weighted by atomic mass is 35.5. The summed E-state index contributed by atoms with van der Waals surface area (Å²) in [6, 6.07) is 20.3. The molecule has 0 aliphatic carbocycles. The van der Waals surface area contributed by atoms with Gasteiger partial charge in [-0.25, -0.2) is 9.36 Å². The maximum absolute atomic E-state index is 13.3. The Kier molecular flexibility index (Phi) is 4.46. The van der Waals surface area contributed by atoms with Crippen LogP contribution in [0.25, 0.3) is 37.1 Å². The summed E-state index contributed by atoms with van der Waals surface area (Å²) in [5.74, 6) is 0.661. The summed E-state index contributed by atoms with van der Waals surface area (Å²) in [4.78, 5) is 29.8. The molecule has 0 unspecified atom stereocenters. The van der Waals surface area contributed by atoms with Gasteiger partial charge in [-0.3, -0.25) is 4.79 Å². The number of aromatic amines is 1. The number of hydrogen-bond acceptors (Lipinski definition) is 4. The Hall–Kier alpha value is -3.35. The van der Waals surface area contributed by atoms with Crippen LogP contribution >= 0.6 is 22.9 Å². The van der Waals surface area contributed by atoms with Crippen LogP contribution in [0.3, 0.4) is 0 Å². The zero-order valence-electron chi connectivity index (χ0n) is 15.8. The van der Waals surface area contributed by atoms with Crippen molar-refractivity contribution in [2.24, 2.45) is 0 Å². The molecule has 0 aliphatic rings. The Bertz CT molecular complexity index is 1540. The van der Waals surface area contributed by atoms with Crippen LogP contribution in [0.1, 0.15) is 0 Å². The fourth-order valence-electron chi connectivity index (χ4n) is 3.58. The largest absolute Gasteiger partial charge is 0.497 e. The van der Waals surface area contributed by atoms with Crippen LogP contribution in [0.5, 0.6) is 5.75 Å². The summed E-state index contributed by atoms with van der Waals surface area (Å²) in [7, 11) is 1.58. The van der Waals surface area contributed by atoms with Gasteiger partial charge in [0.05, 0.1) is 18.3 Å². The average Bonchev–Trinajstić information content (AvgIpc) is 3.18. The fraction of sp³-hybridized carbons (Fsp3) is 0.0435. The molecular weight excluding hydrogens is 420 g/mol. The minimum atomic E-state index is -0.482. The lowest BCUT2D eigenvalue weighted by Gasteiger charge is -2.08. The number of aromatic nitrogens is 2. The number of hydrogen-bond donors (Lipinski definition) is 1. The van der Waals surface area contributed by atoms with E-state index in [1.54, 1.807) is 31.4 Å². The standard InChI is InChI=1S/C23H15ClN2O3S/c1-29-14-9-10-17(24)16(11-14)20-12-18-21(30-20)22(27)26(23(28)25-18)19-8-4-6-13-5-2-3-7-15(13)19/h2-12H,1H3,(H,25,28). The van der Waals surface area contributed by atoms with Crippen molar-refractivity contribution in [1.82, 2.24) is 9.55 Å². The first-order valence-electron chi connectivity index (χ1n) is 9.18. The third-order valence-electron chi connectivity index (χ3n) is 5.02. The molecule has 2 heterocycles. The number of methoxy groups -OCH3 is 1. The van der Waals surface area contributed by atoms with E-state index in [9.17, 15) is 9.59 Å². The second-order valence-electron chi connectivity index (χ2n) is 6.77. The minimum Gasteiger partial charge on any atom is -0.497 e. The zero-order valence-corrected chi connectivity index (χ0v) is 17.4. The molecule has 0 bridgehead atoms.